The molecule has 0 radical (unpaired) electrons. The predicted molar refractivity (Wildman–Crippen MR) is 81.0 cm³/mol. The first-order valence-corrected chi connectivity index (χ1v) is 7.78. The molecule has 0 amide bonds. The molecule has 1 heterocycles. The van der Waals surface area contributed by atoms with E-state index >= 15 is 0 Å². The van der Waals surface area contributed by atoms with E-state index in [1.165, 1.54) is 25.7 Å². The molecular formula is C14H20BrClN2. The Morgan fingerprint density at radius 2 is 1.89 bits per heavy atom. The van der Waals surface area contributed by atoms with E-state index in [2.05, 4.69) is 26.9 Å². The van der Waals surface area contributed by atoms with Crippen LogP contribution in [-0.2, 0) is 0 Å². The number of halogens is 2. The number of benzene rings is 1. The van der Waals surface area contributed by atoms with E-state index < -0.39 is 0 Å². The van der Waals surface area contributed by atoms with Crippen LogP contribution in [0.4, 0.5) is 0 Å². The van der Waals surface area contributed by atoms with Gasteiger partial charge in [0.05, 0.1) is 0 Å². The summed E-state index contributed by atoms with van der Waals surface area (Å²) in [6.07, 6.45) is 5.20. The maximum Gasteiger partial charge on any atom is 0.0485 e. The van der Waals surface area contributed by atoms with Crippen molar-refractivity contribution in [1.82, 2.24) is 4.90 Å². The summed E-state index contributed by atoms with van der Waals surface area (Å²) in [6, 6.07) is 6.27. The second kappa shape index (κ2) is 6.90. The van der Waals surface area contributed by atoms with Crippen LogP contribution in [-0.4, -0.2) is 24.5 Å². The zero-order valence-corrected chi connectivity index (χ0v) is 12.9. The smallest absolute Gasteiger partial charge is 0.0485 e. The van der Waals surface area contributed by atoms with Gasteiger partial charge < -0.3 is 5.73 Å². The minimum atomic E-state index is 0.244. The first-order valence-electron chi connectivity index (χ1n) is 6.61. The molecule has 100 valence electrons. The van der Waals surface area contributed by atoms with Crippen LogP contribution >= 0.6 is 27.5 Å². The molecule has 0 aliphatic carbocycles. The number of nitrogens with two attached hydrogens (primary N) is 1. The average molecular weight is 332 g/mol. The first kappa shape index (κ1) is 14.3. The Morgan fingerprint density at radius 3 is 2.50 bits per heavy atom. The van der Waals surface area contributed by atoms with Crippen molar-refractivity contribution in [2.24, 2.45) is 5.73 Å². The number of nitrogens with zero attached hydrogens (tertiary/aromatic N) is 1. The molecule has 1 aliphatic rings. The van der Waals surface area contributed by atoms with Crippen LogP contribution in [0.1, 0.15) is 37.3 Å². The van der Waals surface area contributed by atoms with Gasteiger partial charge in [-0.1, -0.05) is 40.4 Å². The Bertz CT molecular complexity index is 389. The van der Waals surface area contributed by atoms with Crippen molar-refractivity contribution in [1.29, 1.82) is 0 Å². The minimum absolute atomic E-state index is 0.244. The highest BCUT2D eigenvalue weighted by molar-refractivity contribution is 9.10. The quantitative estimate of drug-likeness (QED) is 0.908. The van der Waals surface area contributed by atoms with Gasteiger partial charge in [-0.15, -0.1) is 0 Å². The largest absolute Gasteiger partial charge is 0.329 e. The lowest BCUT2D eigenvalue weighted by atomic mass is 10.0. The first-order chi connectivity index (χ1) is 8.72. The molecule has 4 heteroatoms. The van der Waals surface area contributed by atoms with Gasteiger partial charge in [0.15, 0.2) is 0 Å². The van der Waals surface area contributed by atoms with E-state index in [1.54, 1.807) is 0 Å². The van der Waals surface area contributed by atoms with Gasteiger partial charge >= 0.3 is 0 Å². The monoisotopic (exact) mass is 330 g/mol. The van der Waals surface area contributed by atoms with E-state index in [9.17, 15) is 0 Å². The number of hydrogen-bond acceptors (Lipinski definition) is 2. The lowest BCUT2D eigenvalue weighted by Gasteiger charge is -2.30. The maximum atomic E-state index is 6.33. The summed E-state index contributed by atoms with van der Waals surface area (Å²) in [6.45, 7) is 2.88. The Morgan fingerprint density at radius 1 is 1.22 bits per heavy atom. The molecule has 1 aromatic rings. The highest BCUT2D eigenvalue weighted by Crippen LogP contribution is 2.31. The summed E-state index contributed by atoms with van der Waals surface area (Å²) in [5.41, 5.74) is 7.14. The summed E-state index contributed by atoms with van der Waals surface area (Å²) in [4.78, 5) is 2.49. The average Bonchev–Trinajstić information content (AvgIpc) is 2.64. The zero-order chi connectivity index (χ0) is 13.0. The lowest BCUT2D eigenvalue weighted by molar-refractivity contribution is 0.210. The third-order valence-electron chi connectivity index (χ3n) is 3.62. The molecule has 0 spiro atoms. The van der Waals surface area contributed by atoms with E-state index in [1.807, 2.05) is 12.1 Å². The van der Waals surface area contributed by atoms with E-state index in [0.717, 1.165) is 28.1 Å². The molecular weight excluding hydrogens is 312 g/mol. The fourth-order valence-electron chi connectivity index (χ4n) is 2.65. The van der Waals surface area contributed by atoms with Gasteiger partial charge in [0.2, 0.25) is 0 Å². The Hall–Kier alpha value is -0.0900. The van der Waals surface area contributed by atoms with Crippen molar-refractivity contribution in [3.05, 3.63) is 33.3 Å². The highest BCUT2D eigenvalue weighted by Gasteiger charge is 2.22. The summed E-state index contributed by atoms with van der Waals surface area (Å²) >= 11 is 9.84. The van der Waals surface area contributed by atoms with Gasteiger partial charge in [0, 0.05) is 22.1 Å². The fourth-order valence-corrected chi connectivity index (χ4v) is 3.27. The van der Waals surface area contributed by atoms with Gasteiger partial charge in [-0.2, -0.15) is 0 Å². The summed E-state index contributed by atoms with van der Waals surface area (Å²) in [5.74, 6) is 0. The number of rotatable bonds is 3. The molecule has 1 aliphatic heterocycles. The standard InChI is InChI=1S/C14H20BrClN2/c15-11-5-6-13(16)12(9-11)14(10-17)18-7-3-1-2-4-8-18/h5-6,9,14H,1-4,7-8,10,17H2. The molecule has 1 unspecified atom stereocenters. The molecule has 0 aromatic heterocycles. The molecule has 1 fully saturated rings. The van der Waals surface area contributed by atoms with Crippen molar-refractivity contribution >= 4 is 27.5 Å². The Balaban J connectivity index is 2.23. The van der Waals surface area contributed by atoms with Crippen LogP contribution in [0.2, 0.25) is 5.02 Å². The van der Waals surface area contributed by atoms with E-state index in [-0.39, 0.29) is 6.04 Å². The normalized spacial score (nSPS) is 19.5. The van der Waals surface area contributed by atoms with E-state index in [4.69, 9.17) is 17.3 Å². The van der Waals surface area contributed by atoms with Gasteiger partial charge in [0.1, 0.15) is 0 Å². The summed E-state index contributed by atoms with van der Waals surface area (Å²) in [7, 11) is 0. The number of likely N-dealkylation sites (tertiary alicyclic amines) is 1. The highest BCUT2D eigenvalue weighted by atomic mass is 79.9. The molecule has 1 atom stereocenters. The van der Waals surface area contributed by atoms with Gasteiger partial charge in [-0.3, -0.25) is 4.90 Å². The molecule has 2 rings (SSSR count). The van der Waals surface area contributed by atoms with Crippen LogP contribution < -0.4 is 5.73 Å². The topological polar surface area (TPSA) is 29.3 Å². The Labute approximate surface area is 123 Å². The van der Waals surface area contributed by atoms with Crippen LogP contribution in [0.3, 0.4) is 0 Å². The van der Waals surface area contributed by atoms with Crippen molar-refractivity contribution in [2.45, 2.75) is 31.7 Å². The third kappa shape index (κ3) is 3.47. The van der Waals surface area contributed by atoms with Crippen molar-refractivity contribution in [3.63, 3.8) is 0 Å². The molecule has 18 heavy (non-hydrogen) atoms. The van der Waals surface area contributed by atoms with Crippen LogP contribution in [0.25, 0.3) is 0 Å². The maximum absolute atomic E-state index is 6.33. The van der Waals surface area contributed by atoms with Crippen molar-refractivity contribution in [3.8, 4) is 0 Å². The number of hydrogen-bond donors (Lipinski definition) is 1. The van der Waals surface area contributed by atoms with E-state index in [0.29, 0.717) is 6.54 Å². The van der Waals surface area contributed by atoms with Crippen LogP contribution in [0.5, 0.6) is 0 Å². The third-order valence-corrected chi connectivity index (χ3v) is 4.46. The van der Waals surface area contributed by atoms with Gasteiger partial charge in [-0.25, -0.2) is 0 Å². The minimum Gasteiger partial charge on any atom is -0.329 e. The molecule has 2 nitrogen and oxygen atoms in total. The van der Waals surface area contributed by atoms with Crippen molar-refractivity contribution in [2.75, 3.05) is 19.6 Å². The summed E-state index contributed by atoms with van der Waals surface area (Å²) in [5, 5.41) is 0.817. The SMILES string of the molecule is NCC(c1cc(Br)ccc1Cl)N1CCCCCC1. The molecule has 0 saturated carbocycles. The van der Waals surface area contributed by atoms with Gasteiger partial charge in [0.25, 0.3) is 0 Å². The molecule has 1 saturated heterocycles. The Kier molecular flexibility index (Phi) is 5.49. The molecule has 1 aromatic carbocycles. The van der Waals surface area contributed by atoms with Crippen LogP contribution in [0.15, 0.2) is 22.7 Å². The lowest BCUT2D eigenvalue weighted by Crippen LogP contribution is -2.34. The van der Waals surface area contributed by atoms with Gasteiger partial charge in [-0.05, 0) is 49.7 Å². The second-order valence-corrected chi connectivity index (χ2v) is 6.19. The predicted octanol–water partition coefficient (Wildman–Crippen LogP) is 3.98. The second-order valence-electron chi connectivity index (χ2n) is 4.87. The fraction of sp³-hybridized carbons (Fsp3) is 0.571. The van der Waals surface area contributed by atoms with Crippen molar-refractivity contribution < 1.29 is 0 Å². The molecule has 2 N–H and O–H groups in total. The molecule has 0 bridgehead atoms. The van der Waals surface area contributed by atoms with Crippen LogP contribution in [0, 0.1) is 0 Å². The zero-order valence-electron chi connectivity index (χ0n) is 10.5. The summed E-state index contributed by atoms with van der Waals surface area (Å²) < 4.78 is 1.06.